The fourth-order valence-electron chi connectivity index (χ4n) is 3.47. The lowest BCUT2D eigenvalue weighted by molar-refractivity contribution is -0.383. The van der Waals surface area contributed by atoms with Crippen LogP contribution in [-0.4, -0.2) is 30.9 Å². The zero-order valence-electron chi connectivity index (χ0n) is 13.6. The predicted molar refractivity (Wildman–Crippen MR) is 93.5 cm³/mol. The molecule has 3 N–H and O–H groups in total. The molecule has 0 saturated heterocycles. The lowest BCUT2D eigenvalue weighted by Crippen LogP contribution is -2.44. The van der Waals surface area contributed by atoms with Gasteiger partial charge in [0.15, 0.2) is 0 Å². The highest BCUT2D eigenvalue weighted by atomic mass is 32.2. The molecule has 1 aliphatic carbocycles. The van der Waals surface area contributed by atoms with Gasteiger partial charge in [0, 0.05) is 24.8 Å². The molecular weight excluding hydrogens is 344 g/mol. The van der Waals surface area contributed by atoms with Crippen LogP contribution in [0.5, 0.6) is 0 Å². The quantitative estimate of drug-likeness (QED) is 0.595. The molecule has 0 radical (unpaired) electrons. The van der Waals surface area contributed by atoms with Gasteiger partial charge in [-0.1, -0.05) is 12.8 Å². The lowest BCUT2D eigenvalue weighted by atomic mass is 9.99. The molecule has 2 aromatic rings. The number of non-ortho nitro benzene ring substituents is 1. The van der Waals surface area contributed by atoms with E-state index in [0.717, 1.165) is 25.7 Å². The van der Waals surface area contributed by atoms with Gasteiger partial charge < -0.3 is 5.73 Å². The molecule has 1 heterocycles. The highest BCUT2D eigenvalue weighted by Crippen LogP contribution is 2.31. The van der Waals surface area contributed by atoms with Gasteiger partial charge in [-0.15, -0.1) is 0 Å². The summed E-state index contributed by atoms with van der Waals surface area (Å²) in [6.45, 7) is 0.211. The second kappa shape index (κ2) is 7.03. The van der Waals surface area contributed by atoms with E-state index in [2.05, 4.69) is 9.71 Å². The minimum atomic E-state index is -3.89. The highest BCUT2D eigenvalue weighted by molar-refractivity contribution is 7.89. The van der Waals surface area contributed by atoms with E-state index < -0.39 is 14.9 Å². The van der Waals surface area contributed by atoms with Crippen LogP contribution in [-0.2, 0) is 10.0 Å². The van der Waals surface area contributed by atoms with Crippen LogP contribution in [0, 0.1) is 16.0 Å². The largest absolute Gasteiger partial charge is 0.329 e. The first-order valence-corrected chi connectivity index (χ1v) is 9.67. The van der Waals surface area contributed by atoms with E-state index >= 15 is 0 Å². The molecule has 1 aromatic carbocycles. The van der Waals surface area contributed by atoms with Crippen molar-refractivity contribution in [2.24, 2.45) is 11.7 Å². The number of hydrogen-bond donors (Lipinski definition) is 2. The average Bonchev–Trinajstić information content (AvgIpc) is 3.13. The zero-order chi connectivity index (χ0) is 18.0. The molecule has 8 nitrogen and oxygen atoms in total. The highest BCUT2D eigenvalue weighted by Gasteiger charge is 2.30. The Bertz CT molecular complexity index is 894. The van der Waals surface area contributed by atoms with Crippen LogP contribution in [0.3, 0.4) is 0 Å². The van der Waals surface area contributed by atoms with Gasteiger partial charge >= 0.3 is 0 Å². The molecule has 0 bridgehead atoms. The van der Waals surface area contributed by atoms with Crippen molar-refractivity contribution in [2.75, 3.05) is 6.54 Å². The fraction of sp³-hybridized carbons (Fsp3) is 0.438. The first kappa shape index (κ1) is 17.7. The van der Waals surface area contributed by atoms with Gasteiger partial charge in [-0.3, -0.25) is 15.1 Å². The summed E-state index contributed by atoms with van der Waals surface area (Å²) in [5.74, 6) is 0.219. The second-order valence-corrected chi connectivity index (χ2v) is 7.93. The van der Waals surface area contributed by atoms with Gasteiger partial charge in [-0.05, 0) is 37.0 Å². The number of hydrogen-bond acceptors (Lipinski definition) is 6. The summed E-state index contributed by atoms with van der Waals surface area (Å²) in [6.07, 6.45) is 5.46. The Balaban J connectivity index is 2.02. The van der Waals surface area contributed by atoms with Gasteiger partial charge in [0.2, 0.25) is 10.0 Å². The molecular formula is C16H20N4O4S. The van der Waals surface area contributed by atoms with Crippen LogP contribution < -0.4 is 10.5 Å². The van der Waals surface area contributed by atoms with Crippen LogP contribution >= 0.6 is 0 Å². The molecule has 1 saturated carbocycles. The maximum atomic E-state index is 12.9. The van der Waals surface area contributed by atoms with Crippen molar-refractivity contribution in [3.8, 4) is 0 Å². The van der Waals surface area contributed by atoms with Crippen LogP contribution in [0.15, 0.2) is 35.4 Å². The molecule has 1 unspecified atom stereocenters. The summed E-state index contributed by atoms with van der Waals surface area (Å²) in [7, 11) is -3.89. The fourth-order valence-corrected chi connectivity index (χ4v) is 4.95. The van der Waals surface area contributed by atoms with Crippen molar-refractivity contribution < 1.29 is 13.3 Å². The van der Waals surface area contributed by atoms with Crippen molar-refractivity contribution in [2.45, 2.75) is 36.6 Å². The van der Waals surface area contributed by atoms with Gasteiger partial charge in [-0.2, -0.15) is 0 Å². The Labute approximate surface area is 145 Å². The normalized spacial score (nSPS) is 17.0. The van der Waals surface area contributed by atoms with E-state index in [4.69, 9.17) is 5.73 Å². The number of nitro benzene ring substituents is 1. The van der Waals surface area contributed by atoms with Crippen molar-refractivity contribution in [1.82, 2.24) is 9.71 Å². The minimum absolute atomic E-state index is 0.0647. The van der Waals surface area contributed by atoms with Crippen molar-refractivity contribution in [3.05, 3.63) is 40.6 Å². The molecule has 0 aliphatic heterocycles. The first-order valence-electron chi connectivity index (χ1n) is 8.18. The summed E-state index contributed by atoms with van der Waals surface area (Å²) in [5.41, 5.74) is 5.70. The van der Waals surface area contributed by atoms with Crippen LogP contribution in [0.25, 0.3) is 10.9 Å². The van der Waals surface area contributed by atoms with Crippen molar-refractivity contribution >= 4 is 26.6 Å². The number of nitro groups is 1. The number of nitrogens with zero attached hydrogens (tertiary/aromatic N) is 2. The number of rotatable bonds is 6. The van der Waals surface area contributed by atoms with Gasteiger partial charge in [0.25, 0.3) is 5.69 Å². The maximum Gasteiger partial charge on any atom is 0.278 e. The number of fused-ring (bicyclic) bond motifs is 1. The topological polar surface area (TPSA) is 128 Å². The Kier molecular flexibility index (Phi) is 4.98. The minimum Gasteiger partial charge on any atom is -0.329 e. The van der Waals surface area contributed by atoms with Crippen molar-refractivity contribution in [1.29, 1.82) is 0 Å². The molecule has 9 heteroatoms. The van der Waals surface area contributed by atoms with Crippen LogP contribution in [0.4, 0.5) is 5.69 Å². The molecule has 1 aromatic heterocycles. The maximum absolute atomic E-state index is 12.9. The molecule has 0 amide bonds. The average molecular weight is 364 g/mol. The van der Waals surface area contributed by atoms with E-state index in [1.165, 1.54) is 24.4 Å². The molecule has 1 fully saturated rings. The van der Waals surface area contributed by atoms with Gasteiger partial charge in [0.05, 0.1) is 15.8 Å². The summed E-state index contributed by atoms with van der Waals surface area (Å²) >= 11 is 0. The van der Waals surface area contributed by atoms with E-state index in [9.17, 15) is 18.5 Å². The third-order valence-electron chi connectivity index (χ3n) is 4.73. The second-order valence-electron chi connectivity index (χ2n) is 6.25. The third kappa shape index (κ3) is 3.48. The first-order chi connectivity index (χ1) is 11.9. The van der Waals surface area contributed by atoms with Gasteiger partial charge in [-0.25, -0.2) is 13.1 Å². The Morgan fingerprint density at radius 3 is 2.68 bits per heavy atom. The summed E-state index contributed by atoms with van der Waals surface area (Å²) in [4.78, 5) is 14.6. The summed E-state index contributed by atoms with van der Waals surface area (Å²) < 4.78 is 28.4. The van der Waals surface area contributed by atoms with E-state index in [1.54, 1.807) is 6.07 Å². The van der Waals surface area contributed by atoms with Gasteiger partial charge in [0.1, 0.15) is 4.90 Å². The standard InChI is InChI=1S/C16H20N4O4S/c17-10-13(11-4-1-2-5-11)19-25(23,24)15-8-7-14(20(21)22)12-6-3-9-18-16(12)15/h3,6-9,11,13,19H,1-2,4-5,10,17H2. The zero-order valence-corrected chi connectivity index (χ0v) is 14.4. The number of pyridine rings is 1. The van der Waals surface area contributed by atoms with E-state index in [0.29, 0.717) is 0 Å². The van der Waals surface area contributed by atoms with Crippen LogP contribution in [0.1, 0.15) is 25.7 Å². The van der Waals surface area contributed by atoms with Crippen LogP contribution in [0.2, 0.25) is 0 Å². The van der Waals surface area contributed by atoms with E-state index in [1.807, 2.05) is 0 Å². The number of sulfonamides is 1. The van der Waals surface area contributed by atoms with Crippen molar-refractivity contribution in [3.63, 3.8) is 0 Å². The SMILES string of the molecule is NCC(NS(=O)(=O)c1ccc([N+](=O)[O-])c2cccnc12)C1CCCC1. The smallest absolute Gasteiger partial charge is 0.278 e. The number of nitrogens with two attached hydrogens (primary N) is 1. The number of benzene rings is 1. The predicted octanol–water partition coefficient (Wildman–Crippen LogP) is 1.94. The summed E-state index contributed by atoms with van der Waals surface area (Å²) in [6, 6.07) is 5.13. The number of aromatic nitrogens is 1. The Morgan fingerprint density at radius 1 is 1.32 bits per heavy atom. The molecule has 1 atom stereocenters. The molecule has 134 valence electrons. The summed E-state index contributed by atoms with van der Waals surface area (Å²) in [5, 5.41) is 11.4. The Hall–Kier alpha value is -2.10. The number of nitrogens with one attached hydrogen (secondary N) is 1. The molecule has 3 rings (SSSR count). The Morgan fingerprint density at radius 2 is 2.04 bits per heavy atom. The monoisotopic (exact) mass is 364 g/mol. The molecule has 1 aliphatic rings. The molecule has 0 spiro atoms. The third-order valence-corrected chi connectivity index (χ3v) is 6.25. The lowest BCUT2D eigenvalue weighted by Gasteiger charge is -2.23. The van der Waals surface area contributed by atoms with E-state index in [-0.39, 0.29) is 40.0 Å². The molecule has 25 heavy (non-hydrogen) atoms.